The Balaban J connectivity index is 2.17. The molecule has 0 radical (unpaired) electrons. The smallest absolute Gasteiger partial charge is 0.138 e. The van der Waals surface area contributed by atoms with Crippen molar-refractivity contribution >= 4 is 11.6 Å². The van der Waals surface area contributed by atoms with Gasteiger partial charge >= 0.3 is 0 Å². The van der Waals surface area contributed by atoms with Gasteiger partial charge in [-0.3, -0.25) is 4.90 Å². The fraction of sp³-hybridized carbons (Fsp3) is 0.438. The van der Waals surface area contributed by atoms with Crippen molar-refractivity contribution in [2.45, 2.75) is 39.8 Å². The van der Waals surface area contributed by atoms with Crippen molar-refractivity contribution in [2.24, 2.45) is 0 Å². The predicted octanol–water partition coefficient (Wildman–Crippen LogP) is 4.53. The Morgan fingerprint density at radius 2 is 1.90 bits per heavy atom. The molecule has 0 spiro atoms. The minimum atomic E-state index is 0.362. The molecule has 0 aliphatic carbocycles. The van der Waals surface area contributed by atoms with Gasteiger partial charge in [-0.05, 0) is 45.0 Å². The maximum atomic E-state index is 5.96. The van der Waals surface area contributed by atoms with Gasteiger partial charge in [0.1, 0.15) is 5.76 Å². The van der Waals surface area contributed by atoms with Crippen molar-refractivity contribution in [3.8, 4) is 0 Å². The summed E-state index contributed by atoms with van der Waals surface area (Å²) in [6.45, 7) is 6.99. The predicted molar refractivity (Wildman–Crippen MR) is 81.9 cm³/mol. The topological polar surface area (TPSA) is 29.3 Å². The summed E-state index contributed by atoms with van der Waals surface area (Å²) in [7, 11) is 2.13. The van der Waals surface area contributed by atoms with Crippen LogP contribution in [-0.2, 0) is 6.54 Å². The lowest BCUT2D eigenvalue weighted by atomic mass is 10.0. The van der Waals surface area contributed by atoms with E-state index in [1.807, 2.05) is 26.0 Å². The second-order valence-electron chi connectivity index (χ2n) is 5.19. The van der Waals surface area contributed by atoms with E-state index in [2.05, 4.69) is 36.2 Å². The Hall–Kier alpha value is -1.32. The van der Waals surface area contributed by atoms with Crippen LogP contribution in [0.5, 0.6) is 0 Å². The first kappa shape index (κ1) is 15.1. The SMILES string of the molecule is CCC(c1ccc(Cl)cc1)N(C)Cc1c(C)noc1C. The molecule has 0 N–H and O–H groups in total. The van der Waals surface area contributed by atoms with Crippen molar-refractivity contribution in [2.75, 3.05) is 7.05 Å². The lowest BCUT2D eigenvalue weighted by molar-refractivity contribution is 0.228. The van der Waals surface area contributed by atoms with E-state index in [4.69, 9.17) is 16.1 Å². The fourth-order valence-electron chi connectivity index (χ4n) is 2.57. The molecule has 0 amide bonds. The number of aryl methyl sites for hydroxylation is 2. The van der Waals surface area contributed by atoms with E-state index in [-0.39, 0.29) is 0 Å². The van der Waals surface area contributed by atoms with Crippen LogP contribution in [-0.4, -0.2) is 17.1 Å². The van der Waals surface area contributed by atoms with Crippen LogP contribution in [0.4, 0.5) is 0 Å². The molecule has 1 aromatic carbocycles. The minimum absolute atomic E-state index is 0.362. The molecule has 3 nitrogen and oxygen atoms in total. The summed E-state index contributed by atoms with van der Waals surface area (Å²) in [6.07, 6.45) is 1.04. The Morgan fingerprint density at radius 3 is 2.40 bits per heavy atom. The van der Waals surface area contributed by atoms with Crippen LogP contribution in [0.2, 0.25) is 5.02 Å². The Morgan fingerprint density at radius 1 is 1.25 bits per heavy atom. The van der Waals surface area contributed by atoms with Crippen LogP contribution < -0.4 is 0 Å². The number of halogens is 1. The molecule has 0 aliphatic rings. The van der Waals surface area contributed by atoms with E-state index in [1.54, 1.807) is 0 Å². The van der Waals surface area contributed by atoms with Gasteiger partial charge in [0.05, 0.1) is 5.69 Å². The molecule has 0 aliphatic heterocycles. The van der Waals surface area contributed by atoms with Crippen LogP contribution in [0.3, 0.4) is 0 Å². The number of benzene rings is 1. The third-order valence-corrected chi connectivity index (χ3v) is 4.01. The second kappa shape index (κ2) is 6.42. The standard InChI is InChI=1S/C16H21ClN2O/c1-5-16(13-6-8-14(17)9-7-13)19(4)10-15-11(2)18-20-12(15)3/h6-9,16H,5,10H2,1-4H3. The minimum Gasteiger partial charge on any atom is -0.361 e. The van der Waals surface area contributed by atoms with Gasteiger partial charge in [-0.1, -0.05) is 35.8 Å². The molecule has 4 heteroatoms. The largest absolute Gasteiger partial charge is 0.361 e. The van der Waals surface area contributed by atoms with Crippen molar-refractivity contribution in [3.63, 3.8) is 0 Å². The Kier molecular flexibility index (Phi) is 4.84. The molecule has 0 fully saturated rings. The summed E-state index contributed by atoms with van der Waals surface area (Å²) < 4.78 is 5.24. The lowest BCUT2D eigenvalue weighted by Gasteiger charge is -2.27. The molecule has 1 unspecified atom stereocenters. The van der Waals surface area contributed by atoms with Gasteiger partial charge in [0, 0.05) is 23.2 Å². The molecule has 1 aromatic heterocycles. The van der Waals surface area contributed by atoms with Crippen molar-refractivity contribution in [1.29, 1.82) is 0 Å². The second-order valence-corrected chi connectivity index (χ2v) is 5.63. The van der Waals surface area contributed by atoms with Crippen molar-refractivity contribution in [1.82, 2.24) is 10.1 Å². The highest BCUT2D eigenvalue weighted by Crippen LogP contribution is 2.27. The fourth-order valence-corrected chi connectivity index (χ4v) is 2.70. The average molecular weight is 293 g/mol. The molecule has 0 bridgehead atoms. The number of aromatic nitrogens is 1. The van der Waals surface area contributed by atoms with Crippen LogP contribution >= 0.6 is 11.6 Å². The van der Waals surface area contributed by atoms with Crippen molar-refractivity contribution < 1.29 is 4.52 Å². The van der Waals surface area contributed by atoms with Gasteiger partial charge < -0.3 is 4.52 Å². The average Bonchev–Trinajstić information content (AvgIpc) is 2.73. The molecule has 2 rings (SSSR count). The molecule has 108 valence electrons. The third-order valence-electron chi connectivity index (χ3n) is 3.76. The molecule has 2 aromatic rings. The summed E-state index contributed by atoms with van der Waals surface area (Å²) in [5.74, 6) is 0.903. The molecule has 20 heavy (non-hydrogen) atoms. The Bertz CT molecular complexity index is 543. The zero-order valence-electron chi connectivity index (χ0n) is 12.5. The summed E-state index contributed by atoms with van der Waals surface area (Å²) in [5, 5.41) is 4.79. The first-order valence-corrected chi connectivity index (χ1v) is 7.28. The first-order valence-electron chi connectivity index (χ1n) is 6.90. The zero-order valence-corrected chi connectivity index (χ0v) is 13.2. The van der Waals surface area contributed by atoms with Gasteiger partial charge in [0.2, 0.25) is 0 Å². The molecular formula is C16H21ClN2O. The van der Waals surface area contributed by atoms with E-state index in [0.29, 0.717) is 6.04 Å². The van der Waals surface area contributed by atoms with E-state index in [1.165, 1.54) is 11.1 Å². The zero-order chi connectivity index (χ0) is 14.7. The van der Waals surface area contributed by atoms with Gasteiger partial charge in [0.15, 0.2) is 0 Å². The highest BCUT2D eigenvalue weighted by atomic mass is 35.5. The van der Waals surface area contributed by atoms with Crippen LogP contribution in [0.1, 0.15) is 42.0 Å². The lowest BCUT2D eigenvalue weighted by Crippen LogP contribution is -2.24. The van der Waals surface area contributed by atoms with Crippen LogP contribution in [0.15, 0.2) is 28.8 Å². The number of rotatable bonds is 5. The third kappa shape index (κ3) is 3.22. The highest BCUT2D eigenvalue weighted by Gasteiger charge is 2.18. The summed E-state index contributed by atoms with van der Waals surface area (Å²) in [4.78, 5) is 2.33. The Labute approximate surface area is 125 Å². The van der Waals surface area contributed by atoms with E-state index in [9.17, 15) is 0 Å². The summed E-state index contributed by atoms with van der Waals surface area (Å²) >= 11 is 5.96. The number of nitrogens with zero attached hydrogens (tertiary/aromatic N) is 2. The van der Waals surface area contributed by atoms with Crippen LogP contribution in [0, 0.1) is 13.8 Å². The normalized spacial score (nSPS) is 12.9. The number of hydrogen-bond acceptors (Lipinski definition) is 3. The summed E-state index contributed by atoms with van der Waals surface area (Å²) in [5.41, 5.74) is 3.44. The maximum Gasteiger partial charge on any atom is 0.138 e. The van der Waals surface area contributed by atoms with Gasteiger partial charge in [-0.25, -0.2) is 0 Å². The van der Waals surface area contributed by atoms with Gasteiger partial charge in [-0.2, -0.15) is 0 Å². The van der Waals surface area contributed by atoms with E-state index in [0.717, 1.165) is 29.4 Å². The maximum absolute atomic E-state index is 5.96. The number of hydrogen-bond donors (Lipinski definition) is 0. The van der Waals surface area contributed by atoms with E-state index >= 15 is 0 Å². The van der Waals surface area contributed by atoms with E-state index < -0.39 is 0 Å². The molecular weight excluding hydrogens is 272 g/mol. The quantitative estimate of drug-likeness (QED) is 0.811. The van der Waals surface area contributed by atoms with Gasteiger partial charge in [0.25, 0.3) is 0 Å². The molecule has 0 saturated carbocycles. The van der Waals surface area contributed by atoms with Gasteiger partial charge in [-0.15, -0.1) is 0 Å². The molecule has 1 heterocycles. The molecule has 0 saturated heterocycles. The summed E-state index contributed by atoms with van der Waals surface area (Å²) in [6, 6.07) is 8.45. The molecule has 1 atom stereocenters. The highest BCUT2D eigenvalue weighted by molar-refractivity contribution is 6.30. The van der Waals surface area contributed by atoms with Crippen molar-refractivity contribution in [3.05, 3.63) is 51.9 Å². The van der Waals surface area contributed by atoms with Crippen LogP contribution in [0.25, 0.3) is 0 Å². The monoisotopic (exact) mass is 292 g/mol. The first-order chi connectivity index (χ1) is 9.52.